The first-order valence-corrected chi connectivity index (χ1v) is 8.38. The molecule has 0 saturated carbocycles. The number of carbonyl (C=O) groups is 1. The van der Waals surface area contributed by atoms with E-state index < -0.39 is 0 Å². The summed E-state index contributed by atoms with van der Waals surface area (Å²) in [6.45, 7) is 17.7. The third kappa shape index (κ3) is 11.7. The molecule has 0 radical (unpaired) electrons. The van der Waals surface area contributed by atoms with E-state index >= 15 is 0 Å². The first-order valence-electron chi connectivity index (χ1n) is 8.38. The molecule has 21 heavy (non-hydrogen) atoms. The fourth-order valence-corrected chi connectivity index (χ4v) is 2.15. The Bertz CT molecular complexity index is 306. The van der Waals surface area contributed by atoms with Crippen LogP contribution in [0.3, 0.4) is 0 Å². The highest BCUT2D eigenvalue weighted by atomic mass is 16.5. The molecule has 1 amide bonds. The zero-order valence-electron chi connectivity index (χ0n) is 15.5. The van der Waals surface area contributed by atoms with Gasteiger partial charge in [-0.1, -0.05) is 27.7 Å². The molecule has 0 fully saturated rings. The molecule has 3 nitrogen and oxygen atoms in total. The fourth-order valence-electron chi connectivity index (χ4n) is 2.15. The molecule has 126 valence electrons. The number of rotatable bonds is 10. The molecule has 0 aromatic carbocycles. The molecular formula is C18H37NO2. The Morgan fingerprint density at radius 2 is 1.57 bits per heavy atom. The number of hydrogen-bond acceptors (Lipinski definition) is 2. The molecule has 0 atom stereocenters. The Labute approximate surface area is 132 Å². The van der Waals surface area contributed by atoms with Crippen molar-refractivity contribution in [3.05, 3.63) is 0 Å². The Kier molecular flexibility index (Phi) is 8.53. The minimum atomic E-state index is -0.208. The summed E-state index contributed by atoms with van der Waals surface area (Å²) in [6.07, 6.45) is 3.68. The Morgan fingerprint density at radius 3 is 2.05 bits per heavy atom. The lowest BCUT2D eigenvalue weighted by Gasteiger charge is -2.31. The molecule has 0 aliphatic heterocycles. The van der Waals surface area contributed by atoms with Crippen molar-refractivity contribution < 1.29 is 9.53 Å². The van der Waals surface area contributed by atoms with E-state index in [9.17, 15) is 4.79 Å². The maximum Gasteiger partial charge on any atom is 0.220 e. The second kappa shape index (κ2) is 8.77. The van der Waals surface area contributed by atoms with Crippen LogP contribution in [0, 0.1) is 11.8 Å². The van der Waals surface area contributed by atoms with Gasteiger partial charge in [0.2, 0.25) is 5.91 Å². The van der Waals surface area contributed by atoms with E-state index in [1.54, 1.807) is 0 Å². The number of nitrogens with one attached hydrogen (secondary N) is 1. The molecule has 3 heteroatoms. The Balaban J connectivity index is 4.10. The molecule has 0 spiro atoms. The second-order valence-electron chi connectivity index (χ2n) is 8.32. The lowest BCUT2D eigenvalue weighted by molar-refractivity contribution is -0.123. The van der Waals surface area contributed by atoms with Crippen molar-refractivity contribution in [1.82, 2.24) is 5.32 Å². The molecule has 0 heterocycles. The molecule has 0 aliphatic carbocycles. The summed E-state index contributed by atoms with van der Waals surface area (Å²) in [6, 6.07) is 0. The van der Waals surface area contributed by atoms with Gasteiger partial charge in [-0.2, -0.15) is 0 Å². The maximum absolute atomic E-state index is 11.9. The van der Waals surface area contributed by atoms with Crippen LogP contribution in [0.15, 0.2) is 0 Å². The largest absolute Gasteiger partial charge is 0.375 e. The van der Waals surface area contributed by atoms with Gasteiger partial charge in [0.25, 0.3) is 0 Å². The molecule has 0 aromatic heterocycles. The summed E-state index contributed by atoms with van der Waals surface area (Å²) >= 11 is 0. The van der Waals surface area contributed by atoms with Gasteiger partial charge in [-0.3, -0.25) is 4.79 Å². The van der Waals surface area contributed by atoms with Crippen molar-refractivity contribution in [2.45, 2.75) is 92.2 Å². The SMILES string of the molecule is CC(C)CCC(C)(C)OCCC(C)(C)NC(=O)CC(C)C. The van der Waals surface area contributed by atoms with Crippen LogP contribution in [-0.2, 0) is 9.53 Å². The molecule has 0 bridgehead atoms. The fraction of sp³-hybridized carbons (Fsp3) is 0.944. The predicted molar refractivity (Wildman–Crippen MR) is 90.4 cm³/mol. The van der Waals surface area contributed by atoms with Crippen molar-refractivity contribution in [3.8, 4) is 0 Å². The van der Waals surface area contributed by atoms with Gasteiger partial charge in [0, 0.05) is 18.6 Å². The monoisotopic (exact) mass is 299 g/mol. The quantitative estimate of drug-likeness (QED) is 0.642. The predicted octanol–water partition coefficient (Wildman–Crippen LogP) is 4.55. The van der Waals surface area contributed by atoms with E-state index in [0.29, 0.717) is 24.9 Å². The molecule has 0 rings (SSSR count). The lowest BCUT2D eigenvalue weighted by Crippen LogP contribution is -2.45. The minimum absolute atomic E-state index is 0.0811. The molecule has 0 unspecified atom stereocenters. The smallest absolute Gasteiger partial charge is 0.220 e. The lowest BCUT2D eigenvalue weighted by atomic mass is 9.96. The van der Waals surface area contributed by atoms with Gasteiger partial charge in [0.15, 0.2) is 0 Å². The summed E-state index contributed by atoms with van der Waals surface area (Å²) in [5.41, 5.74) is -0.289. The third-order valence-electron chi connectivity index (χ3n) is 3.62. The maximum atomic E-state index is 11.9. The van der Waals surface area contributed by atoms with E-state index in [1.165, 1.54) is 6.42 Å². The van der Waals surface area contributed by atoms with Crippen LogP contribution in [0.2, 0.25) is 0 Å². The first-order chi connectivity index (χ1) is 9.43. The second-order valence-corrected chi connectivity index (χ2v) is 8.32. The zero-order chi connectivity index (χ0) is 16.7. The van der Waals surface area contributed by atoms with Crippen LogP contribution < -0.4 is 5.32 Å². The molecule has 0 aromatic rings. The third-order valence-corrected chi connectivity index (χ3v) is 3.62. The van der Waals surface area contributed by atoms with Crippen LogP contribution in [-0.4, -0.2) is 23.7 Å². The molecule has 0 saturated heterocycles. The van der Waals surface area contributed by atoms with Gasteiger partial charge < -0.3 is 10.1 Å². The summed E-state index contributed by atoms with van der Waals surface area (Å²) in [7, 11) is 0. The first kappa shape index (κ1) is 20.4. The summed E-state index contributed by atoms with van der Waals surface area (Å²) in [4.78, 5) is 11.9. The van der Waals surface area contributed by atoms with E-state index in [4.69, 9.17) is 4.74 Å². The summed E-state index contributed by atoms with van der Waals surface area (Å²) in [5.74, 6) is 1.24. The van der Waals surface area contributed by atoms with Crippen molar-refractivity contribution in [2.24, 2.45) is 11.8 Å². The summed E-state index contributed by atoms with van der Waals surface area (Å²) < 4.78 is 6.03. The van der Waals surface area contributed by atoms with Gasteiger partial charge in [-0.25, -0.2) is 0 Å². The highest BCUT2D eigenvalue weighted by molar-refractivity contribution is 5.76. The van der Waals surface area contributed by atoms with E-state index in [2.05, 4.69) is 60.7 Å². The highest BCUT2D eigenvalue weighted by Gasteiger charge is 2.23. The van der Waals surface area contributed by atoms with Crippen LogP contribution in [0.5, 0.6) is 0 Å². The number of ether oxygens (including phenoxy) is 1. The van der Waals surface area contributed by atoms with Crippen molar-refractivity contribution in [2.75, 3.05) is 6.61 Å². The van der Waals surface area contributed by atoms with E-state index in [1.807, 2.05) is 0 Å². The Morgan fingerprint density at radius 1 is 1.00 bits per heavy atom. The van der Waals surface area contributed by atoms with Gasteiger partial charge in [-0.15, -0.1) is 0 Å². The number of hydrogen-bond donors (Lipinski definition) is 1. The molecule has 0 aliphatic rings. The Hall–Kier alpha value is -0.570. The van der Waals surface area contributed by atoms with E-state index in [-0.39, 0.29) is 17.0 Å². The van der Waals surface area contributed by atoms with Crippen LogP contribution in [0.25, 0.3) is 0 Å². The average molecular weight is 299 g/mol. The van der Waals surface area contributed by atoms with Crippen LogP contribution in [0.4, 0.5) is 0 Å². The number of amides is 1. The van der Waals surface area contributed by atoms with Crippen molar-refractivity contribution in [3.63, 3.8) is 0 Å². The highest BCUT2D eigenvalue weighted by Crippen LogP contribution is 2.21. The van der Waals surface area contributed by atoms with Crippen molar-refractivity contribution in [1.29, 1.82) is 0 Å². The van der Waals surface area contributed by atoms with Crippen molar-refractivity contribution >= 4 is 5.91 Å². The minimum Gasteiger partial charge on any atom is -0.375 e. The van der Waals surface area contributed by atoms with Gasteiger partial charge >= 0.3 is 0 Å². The topological polar surface area (TPSA) is 38.3 Å². The van der Waals surface area contributed by atoms with Gasteiger partial charge in [0.05, 0.1) is 5.60 Å². The van der Waals surface area contributed by atoms with Gasteiger partial charge in [-0.05, 0) is 58.8 Å². The normalized spacial score (nSPS) is 13.0. The molecular weight excluding hydrogens is 262 g/mol. The standard InChI is InChI=1S/C18H37NO2/c1-14(2)9-10-18(7,8)21-12-11-17(5,6)19-16(20)13-15(3)4/h14-15H,9-13H2,1-8H3,(H,19,20). The average Bonchev–Trinajstić information content (AvgIpc) is 2.23. The van der Waals surface area contributed by atoms with Crippen LogP contribution in [0.1, 0.15) is 81.1 Å². The van der Waals surface area contributed by atoms with E-state index in [0.717, 1.165) is 12.8 Å². The summed E-state index contributed by atoms with van der Waals surface area (Å²) in [5, 5.41) is 3.11. The van der Waals surface area contributed by atoms with Gasteiger partial charge in [0.1, 0.15) is 0 Å². The number of carbonyl (C=O) groups excluding carboxylic acids is 1. The zero-order valence-corrected chi connectivity index (χ0v) is 15.5. The molecule has 1 N–H and O–H groups in total. The van der Waals surface area contributed by atoms with Crippen LogP contribution >= 0.6 is 0 Å².